The monoisotopic (exact) mass is 479 g/mol. The summed E-state index contributed by atoms with van der Waals surface area (Å²) in [5.41, 5.74) is 6.30. The number of hydrogen-bond donors (Lipinski definition) is 3. The van der Waals surface area contributed by atoms with Crippen LogP contribution in [0.1, 0.15) is 36.0 Å². The Hall–Kier alpha value is -4.53. The average Bonchev–Trinajstić information content (AvgIpc) is 3.51. The summed E-state index contributed by atoms with van der Waals surface area (Å²) in [6.45, 7) is 2.64. The van der Waals surface area contributed by atoms with Crippen molar-refractivity contribution in [3.05, 3.63) is 77.0 Å². The van der Waals surface area contributed by atoms with Crippen molar-refractivity contribution in [2.24, 2.45) is 0 Å². The van der Waals surface area contributed by atoms with Crippen molar-refractivity contribution in [3.8, 4) is 11.1 Å². The van der Waals surface area contributed by atoms with Crippen molar-refractivity contribution >= 4 is 35.4 Å². The summed E-state index contributed by atoms with van der Waals surface area (Å²) in [5, 5.41) is 13.6. The standard InChI is InChI=1S/C27H25N7O2/c1-16-6-2-4-8-21(16)22-9-5-3-7-17(22)14-28-26-32-24-19(12-18-13-23(35)31-25(18)36)15-29-34(24)27(33-26)30-20-10-11-20/h2-9,12,15,20H,10-11,13-14H2,1H3,(H,31,35,36)(H2,28,30,32,33)/b18-12+. The topological polar surface area (TPSA) is 113 Å². The predicted molar refractivity (Wildman–Crippen MR) is 137 cm³/mol. The smallest absolute Gasteiger partial charge is 0.254 e. The van der Waals surface area contributed by atoms with Crippen molar-refractivity contribution in [1.82, 2.24) is 24.9 Å². The van der Waals surface area contributed by atoms with E-state index in [2.05, 4.69) is 52.2 Å². The van der Waals surface area contributed by atoms with Crippen LogP contribution in [-0.2, 0) is 16.1 Å². The Morgan fingerprint density at radius 3 is 2.58 bits per heavy atom. The molecule has 1 aliphatic carbocycles. The molecule has 6 rings (SSSR count). The number of aromatic nitrogens is 4. The molecule has 36 heavy (non-hydrogen) atoms. The van der Waals surface area contributed by atoms with Crippen molar-refractivity contribution in [3.63, 3.8) is 0 Å². The van der Waals surface area contributed by atoms with E-state index in [1.54, 1.807) is 16.8 Å². The maximum atomic E-state index is 12.1. The lowest BCUT2D eigenvalue weighted by Gasteiger charge is -2.14. The van der Waals surface area contributed by atoms with Crippen LogP contribution in [0.4, 0.5) is 11.9 Å². The number of nitrogens with zero attached hydrogens (tertiary/aromatic N) is 4. The number of nitrogens with one attached hydrogen (secondary N) is 3. The number of rotatable bonds is 7. The molecule has 2 aliphatic rings. The third-order valence-electron chi connectivity index (χ3n) is 6.42. The Balaban J connectivity index is 1.35. The molecule has 9 nitrogen and oxygen atoms in total. The number of anilines is 2. The number of carbonyl (C=O) groups is 2. The molecular weight excluding hydrogens is 454 g/mol. The fourth-order valence-electron chi connectivity index (χ4n) is 4.37. The molecule has 2 aromatic heterocycles. The van der Waals surface area contributed by atoms with Crippen LogP contribution in [0, 0.1) is 6.92 Å². The van der Waals surface area contributed by atoms with Crippen LogP contribution in [0.5, 0.6) is 0 Å². The van der Waals surface area contributed by atoms with Crippen LogP contribution in [0.2, 0.25) is 0 Å². The first-order valence-electron chi connectivity index (χ1n) is 12.0. The zero-order valence-corrected chi connectivity index (χ0v) is 19.8. The Morgan fingerprint density at radius 1 is 1.06 bits per heavy atom. The largest absolute Gasteiger partial charge is 0.351 e. The molecule has 0 unspecified atom stereocenters. The first-order valence-corrected chi connectivity index (χ1v) is 12.0. The van der Waals surface area contributed by atoms with Crippen LogP contribution >= 0.6 is 0 Å². The second kappa shape index (κ2) is 8.92. The number of imide groups is 1. The Bertz CT molecular complexity index is 1530. The minimum Gasteiger partial charge on any atom is -0.351 e. The van der Waals surface area contributed by atoms with Gasteiger partial charge in [0.1, 0.15) is 0 Å². The zero-order valence-electron chi connectivity index (χ0n) is 19.8. The van der Waals surface area contributed by atoms with Gasteiger partial charge >= 0.3 is 0 Å². The quantitative estimate of drug-likeness (QED) is 0.273. The fourth-order valence-corrected chi connectivity index (χ4v) is 4.37. The van der Waals surface area contributed by atoms with E-state index in [1.165, 1.54) is 11.1 Å². The molecule has 4 aromatic rings. The summed E-state index contributed by atoms with van der Waals surface area (Å²) in [6, 6.07) is 17.0. The second-order valence-electron chi connectivity index (χ2n) is 9.17. The minimum atomic E-state index is -0.379. The predicted octanol–water partition coefficient (Wildman–Crippen LogP) is 3.72. The van der Waals surface area contributed by atoms with E-state index in [1.807, 2.05) is 24.3 Å². The summed E-state index contributed by atoms with van der Waals surface area (Å²) in [4.78, 5) is 33.1. The van der Waals surface area contributed by atoms with E-state index >= 15 is 0 Å². The van der Waals surface area contributed by atoms with Gasteiger partial charge in [-0.1, -0.05) is 48.5 Å². The highest BCUT2D eigenvalue weighted by molar-refractivity contribution is 6.15. The lowest BCUT2D eigenvalue weighted by atomic mass is 9.96. The van der Waals surface area contributed by atoms with Crippen LogP contribution in [0.25, 0.3) is 22.9 Å². The number of aryl methyl sites for hydroxylation is 1. The molecule has 0 radical (unpaired) electrons. The fraction of sp³-hybridized carbons (Fsp3) is 0.222. The molecular formula is C27H25N7O2. The van der Waals surface area contributed by atoms with Crippen molar-refractivity contribution in [2.75, 3.05) is 10.6 Å². The number of carbonyl (C=O) groups excluding carboxylic acids is 2. The van der Waals surface area contributed by atoms with E-state index < -0.39 is 0 Å². The summed E-state index contributed by atoms with van der Waals surface area (Å²) < 4.78 is 1.64. The Labute approximate surface area is 207 Å². The highest BCUT2D eigenvalue weighted by Crippen LogP contribution is 2.29. The van der Waals surface area contributed by atoms with Gasteiger partial charge < -0.3 is 10.6 Å². The van der Waals surface area contributed by atoms with E-state index in [0.717, 1.165) is 24.0 Å². The van der Waals surface area contributed by atoms with Crippen molar-refractivity contribution in [1.29, 1.82) is 0 Å². The highest BCUT2D eigenvalue weighted by atomic mass is 16.2. The van der Waals surface area contributed by atoms with Gasteiger partial charge in [0.05, 0.1) is 12.6 Å². The van der Waals surface area contributed by atoms with E-state index in [9.17, 15) is 9.59 Å². The Morgan fingerprint density at radius 2 is 1.83 bits per heavy atom. The second-order valence-corrected chi connectivity index (χ2v) is 9.17. The van der Waals surface area contributed by atoms with E-state index in [4.69, 9.17) is 9.97 Å². The molecule has 0 atom stereocenters. The van der Waals surface area contributed by atoms with E-state index in [-0.39, 0.29) is 18.2 Å². The lowest BCUT2D eigenvalue weighted by Crippen LogP contribution is -2.19. The van der Waals surface area contributed by atoms with Crippen LogP contribution in [0.15, 0.2) is 60.3 Å². The molecule has 2 fully saturated rings. The molecule has 3 N–H and O–H groups in total. The van der Waals surface area contributed by atoms with Gasteiger partial charge in [-0.2, -0.15) is 19.6 Å². The highest BCUT2D eigenvalue weighted by Gasteiger charge is 2.26. The first-order chi connectivity index (χ1) is 17.5. The van der Waals surface area contributed by atoms with Gasteiger partial charge in [-0.15, -0.1) is 0 Å². The molecule has 2 amide bonds. The van der Waals surface area contributed by atoms with Crippen molar-refractivity contribution in [2.45, 2.75) is 38.8 Å². The maximum absolute atomic E-state index is 12.1. The normalized spacial score (nSPS) is 16.5. The number of fused-ring (bicyclic) bond motifs is 1. The molecule has 1 aliphatic heterocycles. The molecule has 3 heterocycles. The summed E-state index contributed by atoms with van der Waals surface area (Å²) in [5.74, 6) is 0.366. The molecule has 180 valence electrons. The van der Waals surface area contributed by atoms with Crippen molar-refractivity contribution < 1.29 is 9.59 Å². The summed E-state index contributed by atoms with van der Waals surface area (Å²) in [7, 11) is 0. The van der Waals surface area contributed by atoms with Gasteiger partial charge in [0, 0.05) is 23.7 Å². The molecule has 9 heteroatoms. The SMILES string of the molecule is Cc1ccccc1-c1ccccc1CNc1nc(NC2CC2)n2ncc(/C=C3\CC(=O)NC3=O)c2n1. The number of hydrogen-bond acceptors (Lipinski definition) is 7. The minimum absolute atomic E-state index is 0.0508. The molecule has 1 saturated carbocycles. The van der Waals surface area contributed by atoms with E-state index in [0.29, 0.717) is 41.3 Å². The maximum Gasteiger partial charge on any atom is 0.254 e. The van der Waals surface area contributed by atoms with Crippen LogP contribution in [0.3, 0.4) is 0 Å². The number of amides is 2. The van der Waals surface area contributed by atoms with Gasteiger partial charge in [0.15, 0.2) is 5.65 Å². The molecule has 0 spiro atoms. The van der Waals surface area contributed by atoms with Gasteiger partial charge in [0.25, 0.3) is 5.91 Å². The van der Waals surface area contributed by atoms with Gasteiger partial charge in [0.2, 0.25) is 17.8 Å². The molecule has 0 bridgehead atoms. The lowest BCUT2D eigenvalue weighted by molar-refractivity contribution is -0.124. The Kier molecular flexibility index (Phi) is 5.44. The average molecular weight is 480 g/mol. The third kappa shape index (κ3) is 4.31. The summed E-state index contributed by atoms with van der Waals surface area (Å²) >= 11 is 0. The van der Waals surface area contributed by atoms with Gasteiger partial charge in [-0.3, -0.25) is 14.9 Å². The van der Waals surface area contributed by atoms with Gasteiger partial charge in [-0.25, -0.2) is 0 Å². The number of benzene rings is 2. The molecule has 2 aromatic carbocycles. The van der Waals surface area contributed by atoms with Crippen LogP contribution < -0.4 is 16.0 Å². The third-order valence-corrected chi connectivity index (χ3v) is 6.42. The first kappa shape index (κ1) is 22.0. The summed E-state index contributed by atoms with van der Waals surface area (Å²) in [6.07, 6.45) is 5.53. The van der Waals surface area contributed by atoms with Gasteiger partial charge in [-0.05, 0) is 48.1 Å². The van der Waals surface area contributed by atoms with Crippen LogP contribution in [-0.4, -0.2) is 37.4 Å². The zero-order chi connectivity index (χ0) is 24.6. The molecule has 1 saturated heterocycles.